The first-order valence-electron chi connectivity index (χ1n) is 10.4. The zero-order valence-electron chi connectivity index (χ0n) is 17.8. The summed E-state index contributed by atoms with van der Waals surface area (Å²) in [6, 6.07) is 12.8. The van der Waals surface area contributed by atoms with Crippen molar-refractivity contribution in [3.63, 3.8) is 0 Å². The van der Waals surface area contributed by atoms with E-state index in [9.17, 15) is 9.59 Å². The minimum Gasteiger partial charge on any atom is -0.376 e. The van der Waals surface area contributed by atoms with Crippen molar-refractivity contribution in [2.45, 2.75) is 32.4 Å². The molecular formula is C23H27N5O3. The number of urea groups is 1. The van der Waals surface area contributed by atoms with Crippen LogP contribution in [0.5, 0.6) is 0 Å². The number of benzene rings is 1. The molecule has 162 valence electrons. The predicted molar refractivity (Wildman–Crippen MR) is 118 cm³/mol. The average Bonchev–Trinajstić information content (AvgIpc) is 3.37. The number of rotatable bonds is 6. The van der Waals surface area contributed by atoms with Gasteiger partial charge in [-0.2, -0.15) is 0 Å². The predicted octanol–water partition coefficient (Wildman–Crippen LogP) is 3.09. The van der Waals surface area contributed by atoms with Gasteiger partial charge in [0, 0.05) is 39.1 Å². The van der Waals surface area contributed by atoms with Gasteiger partial charge in [-0.1, -0.05) is 24.3 Å². The van der Waals surface area contributed by atoms with Crippen molar-refractivity contribution in [1.82, 2.24) is 19.2 Å². The summed E-state index contributed by atoms with van der Waals surface area (Å²) in [6.45, 7) is 3.38. The summed E-state index contributed by atoms with van der Waals surface area (Å²) in [6.07, 6.45) is 5.36. The maximum absolute atomic E-state index is 13.2. The largest absolute Gasteiger partial charge is 0.376 e. The molecular weight excluding hydrogens is 394 g/mol. The SMILES string of the molecule is Cc1c(NC(=O)N(Cc2cccnc2)CC2CCCO2)c(=O)n(-c2ccccc2)n1C. The molecule has 4 rings (SSSR count). The number of nitrogens with zero attached hydrogens (tertiary/aromatic N) is 4. The molecule has 8 heteroatoms. The number of carbonyl (C=O) groups excluding carboxylic acids is 1. The van der Waals surface area contributed by atoms with E-state index in [2.05, 4.69) is 10.3 Å². The number of nitrogens with one attached hydrogen (secondary N) is 1. The van der Waals surface area contributed by atoms with Crippen molar-refractivity contribution < 1.29 is 9.53 Å². The van der Waals surface area contributed by atoms with E-state index < -0.39 is 0 Å². The van der Waals surface area contributed by atoms with Gasteiger partial charge >= 0.3 is 6.03 Å². The quantitative estimate of drug-likeness (QED) is 0.663. The van der Waals surface area contributed by atoms with Crippen molar-refractivity contribution in [1.29, 1.82) is 0 Å². The average molecular weight is 422 g/mol. The molecule has 0 bridgehead atoms. The molecule has 1 atom stereocenters. The minimum atomic E-state index is -0.328. The summed E-state index contributed by atoms with van der Waals surface area (Å²) < 4.78 is 9.04. The highest BCUT2D eigenvalue weighted by Gasteiger charge is 2.25. The van der Waals surface area contributed by atoms with Crippen LogP contribution in [0.3, 0.4) is 0 Å². The number of para-hydroxylation sites is 1. The van der Waals surface area contributed by atoms with Crippen LogP contribution in [0.1, 0.15) is 24.1 Å². The van der Waals surface area contributed by atoms with Crippen LogP contribution < -0.4 is 10.9 Å². The molecule has 0 spiro atoms. The van der Waals surface area contributed by atoms with E-state index in [1.807, 2.05) is 49.4 Å². The van der Waals surface area contributed by atoms with Gasteiger partial charge < -0.3 is 15.0 Å². The highest BCUT2D eigenvalue weighted by Crippen LogP contribution is 2.18. The first kappa shape index (κ1) is 20.9. The zero-order chi connectivity index (χ0) is 21.8. The third-order valence-electron chi connectivity index (χ3n) is 5.62. The van der Waals surface area contributed by atoms with Crippen molar-refractivity contribution in [3.05, 3.63) is 76.5 Å². The molecule has 1 aliphatic rings. The molecule has 2 amide bonds. The number of pyridine rings is 1. The first-order chi connectivity index (χ1) is 15.0. The maximum atomic E-state index is 13.2. The van der Waals surface area contributed by atoms with Gasteiger partial charge in [-0.25, -0.2) is 9.48 Å². The summed E-state index contributed by atoms with van der Waals surface area (Å²) in [5.41, 5.74) is 2.35. The fraction of sp³-hybridized carbons (Fsp3) is 0.348. The Balaban J connectivity index is 1.60. The van der Waals surface area contributed by atoms with E-state index in [0.717, 1.165) is 24.1 Å². The third kappa shape index (κ3) is 4.54. The van der Waals surface area contributed by atoms with Gasteiger partial charge in [-0.3, -0.25) is 14.5 Å². The number of amides is 2. The van der Waals surface area contributed by atoms with Crippen LogP contribution >= 0.6 is 0 Å². The standard InChI is InChI=1S/C23H27N5O3/c1-17-21(22(29)28(26(17)2)19-9-4-3-5-10-19)25-23(30)27(16-20-11-7-13-31-20)15-18-8-6-12-24-14-18/h3-6,8-10,12,14,20H,7,11,13,15-16H2,1-2H3,(H,25,30). The molecule has 0 aliphatic carbocycles. The summed E-state index contributed by atoms with van der Waals surface area (Å²) in [5, 5.41) is 2.86. The monoisotopic (exact) mass is 421 g/mol. The molecule has 2 aromatic heterocycles. The fourth-order valence-corrected chi connectivity index (χ4v) is 3.86. The van der Waals surface area contributed by atoms with E-state index in [0.29, 0.717) is 25.4 Å². The van der Waals surface area contributed by atoms with Gasteiger partial charge in [0.15, 0.2) is 0 Å². The van der Waals surface area contributed by atoms with Gasteiger partial charge in [0.2, 0.25) is 0 Å². The summed E-state index contributed by atoms with van der Waals surface area (Å²) in [7, 11) is 1.80. The molecule has 3 aromatic rings. The van der Waals surface area contributed by atoms with Crippen LogP contribution in [-0.2, 0) is 18.3 Å². The highest BCUT2D eigenvalue weighted by molar-refractivity contribution is 5.89. The fourth-order valence-electron chi connectivity index (χ4n) is 3.86. The van der Waals surface area contributed by atoms with Crippen molar-refractivity contribution in [2.24, 2.45) is 7.05 Å². The lowest BCUT2D eigenvalue weighted by molar-refractivity contribution is 0.0819. The Bertz CT molecular complexity index is 1090. The number of hydrogen-bond acceptors (Lipinski definition) is 4. The highest BCUT2D eigenvalue weighted by atomic mass is 16.5. The third-order valence-corrected chi connectivity index (χ3v) is 5.62. The lowest BCUT2D eigenvalue weighted by Gasteiger charge is -2.25. The summed E-state index contributed by atoms with van der Waals surface area (Å²) in [4.78, 5) is 32.2. The lowest BCUT2D eigenvalue weighted by atomic mass is 10.2. The van der Waals surface area contributed by atoms with E-state index in [-0.39, 0.29) is 23.4 Å². The molecule has 0 saturated carbocycles. The smallest absolute Gasteiger partial charge is 0.322 e. The molecule has 1 aromatic carbocycles. The van der Waals surface area contributed by atoms with Crippen LogP contribution in [0.15, 0.2) is 59.7 Å². The Labute approximate surface area is 181 Å². The molecule has 1 unspecified atom stereocenters. The first-order valence-corrected chi connectivity index (χ1v) is 10.4. The molecule has 0 radical (unpaired) electrons. The van der Waals surface area contributed by atoms with E-state index in [1.54, 1.807) is 33.7 Å². The zero-order valence-corrected chi connectivity index (χ0v) is 17.8. The molecule has 1 fully saturated rings. The van der Waals surface area contributed by atoms with Crippen LogP contribution in [-0.4, -0.2) is 44.5 Å². The summed E-state index contributed by atoms with van der Waals surface area (Å²) >= 11 is 0. The molecule has 1 saturated heterocycles. The second-order valence-electron chi connectivity index (χ2n) is 7.74. The van der Waals surface area contributed by atoms with Crippen LogP contribution in [0.25, 0.3) is 5.69 Å². The molecule has 3 heterocycles. The van der Waals surface area contributed by atoms with Crippen LogP contribution in [0, 0.1) is 6.92 Å². The van der Waals surface area contributed by atoms with E-state index >= 15 is 0 Å². The van der Waals surface area contributed by atoms with Crippen LogP contribution in [0.4, 0.5) is 10.5 Å². The Morgan fingerprint density at radius 2 is 2.06 bits per heavy atom. The second kappa shape index (κ2) is 9.18. The molecule has 1 aliphatic heterocycles. The second-order valence-corrected chi connectivity index (χ2v) is 7.74. The Morgan fingerprint density at radius 1 is 1.26 bits per heavy atom. The van der Waals surface area contributed by atoms with Gasteiger partial charge in [0.25, 0.3) is 5.56 Å². The Morgan fingerprint density at radius 3 is 2.74 bits per heavy atom. The molecule has 1 N–H and O–H groups in total. The summed E-state index contributed by atoms with van der Waals surface area (Å²) in [5.74, 6) is 0. The Kier molecular flexibility index (Phi) is 6.18. The van der Waals surface area contributed by atoms with Crippen LogP contribution in [0.2, 0.25) is 0 Å². The number of carbonyl (C=O) groups is 1. The topological polar surface area (TPSA) is 81.4 Å². The number of anilines is 1. The minimum absolute atomic E-state index is 0.000249. The normalized spacial score (nSPS) is 15.7. The van der Waals surface area contributed by atoms with E-state index in [1.165, 1.54) is 0 Å². The van der Waals surface area contributed by atoms with Gasteiger partial charge in [0.1, 0.15) is 5.69 Å². The number of aromatic nitrogens is 3. The maximum Gasteiger partial charge on any atom is 0.322 e. The van der Waals surface area contributed by atoms with Gasteiger partial charge in [-0.15, -0.1) is 0 Å². The lowest BCUT2D eigenvalue weighted by Crippen LogP contribution is -2.40. The molecule has 8 nitrogen and oxygen atoms in total. The van der Waals surface area contributed by atoms with Crippen molar-refractivity contribution >= 4 is 11.7 Å². The van der Waals surface area contributed by atoms with Crippen molar-refractivity contribution in [2.75, 3.05) is 18.5 Å². The van der Waals surface area contributed by atoms with E-state index in [4.69, 9.17) is 4.74 Å². The van der Waals surface area contributed by atoms with Crippen molar-refractivity contribution in [3.8, 4) is 5.69 Å². The van der Waals surface area contributed by atoms with Gasteiger partial charge in [-0.05, 0) is 43.5 Å². The number of hydrogen-bond donors (Lipinski definition) is 1. The Hall–Kier alpha value is -3.39. The number of ether oxygens (including phenoxy) is 1. The van der Waals surface area contributed by atoms with Gasteiger partial charge in [0.05, 0.1) is 17.5 Å². The molecule has 31 heavy (non-hydrogen) atoms.